The van der Waals surface area contributed by atoms with Crippen LogP contribution in [0, 0.1) is 5.92 Å². The summed E-state index contributed by atoms with van der Waals surface area (Å²) in [7, 11) is 3.32. The summed E-state index contributed by atoms with van der Waals surface area (Å²) >= 11 is 0. The van der Waals surface area contributed by atoms with Crippen molar-refractivity contribution in [1.29, 1.82) is 0 Å². The van der Waals surface area contributed by atoms with Gasteiger partial charge < -0.3 is 20.1 Å². The lowest BCUT2D eigenvalue weighted by molar-refractivity contribution is 0.189. The smallest absolute Gasteiger partial charge is 0.317 e. The number of hydrogen-bond donors (Lipinski definition) is 2. The number of aliphatic hydroxyl groups is 1. The molecule has 2 amide bonds. The highest BCUT2D eigenvalue weighted by atomic mass is 16.5. The third kappa shape index (κ3) is 5.48. The van der Waals surface area contributed by atoms with Crippen molar-refractivity contribution in [2.24, 2.45) is 5.92 Å². The van der Waals surface area contributed by atoms with Gasteiger partial charge in [0.25, 0.3) is 0 Å². The van der Waals surface area contributed by atoms with Crippen molar-refractivity contribution in [1.82, 2.24) is 10.2 Å². The van der Waals surface area contributed by atoms with Gasteiger partial charge in [0.05, 0.1) is 13.7 Å². The summed E-state index contributed by atoms with van der Waals surface area (Å²) in [6.07, 6.45) is 0.897. The average Bonchev–Trinajstić information content (AvgIpc) is 2.45. The summed E-state index contributed by atoms with van der Waals surface area (Å²) in [5, 5.41) is 11.6. The molecular formula is C15H24N2O3. The van der Waals surface area contributed by atoms with Crippen LogP contribution in [0.5, 0.6) is 5.75 Å². The summed E-state index contributed by atoms with van der Waals surface area (Å²) in [5.74, 6) is 1.19. The number of nitrogens with one attached hydrogen (secondary N) is 1. The lowest BCUT2D eigenvalue weighted by Gasteiger charge is -2.19. The van der Waals surface area contributed by atoms with E-state index in [-0.39, 0.29) is 12.6 Å². The molecule has 2 N–H and O–H groups in total. The van der Waals surface area contributed by atoms with Gasteiger partial charge in [-0.15, -0.1) is 0 Å². The molecule has 0 aliphatic heterocycles. The minimum absolute atomic E-state index is 0.0225. The first-order valence-electron chi connectivity index (χ1n) is 6.79. The Morgan fingerprint density at radius 3 is 2.60 bits per heavy atom. The van der Waals surface area contributed by atoms with E-state index >= 15 is 0 Å². The lowest BCUT2D eigenvalue weighted by atomic mass is 10.0. The predicted octanol–water partition coefficient (Wildman–Crippen LogP) is 1.51. The normalized spacial score (nSPS) is 11.8. The van der Waals surface area contributed by atoms with E-state index in [0.717, 1.165) is 12.2 Å². The van der Waals surface area contributed by atoms with Crippen LogP contribution in [-0.2, 0) is 6.42 Å². The van der Waals surface area contributed by atoms with E-state index in [9.17, 15) is 4.79 Å². The van der Waals surface area contributed by atoms with Crippen molar-refractivity contribution in [3.05, 3.63) is 29.8 Å². The topological polar surface area (TPSA) is 61.8 Å². The van der Waals surface area contributed by atoms with Crippen molar-refractivity contribution in [2.75, 3.05) is 33.9 Å². The number of ether oxygens (including phenoxy) is 1. The van der Waals surface area contributed by atoms with Gasteiger partial charge in [0, 0.05) is 20.1 Å². The van der Waals surface area contributed by atoms with Gasteiger partial charge in [-0.05, 0) is 30.0 Å². The quantitative estimate of drug-likeness (QED) is 0.796. The number of amides is 2. The standard InChI is InChI=1S/C15H24N2O3/c1-12(11-16-15(19)17(2)8-9-18)10-13-4-6-14(20-3)7-5-13/h4-7,12,18H,8-11H2,1-3H3,(H,16,19). The average molecular weight is 280 g/mol. The molecule has 0 fully saturated rings. The zero-order valence-electron chi connectivity index (χ0n) is 12.4. The number of nitrogens with zero attached hydrogens (tertiary/aromatic N) is 1. The van der Waals surface area contributed by atoms with Crippen LogP contribution in [0.1, 0.15) is 12.5 Å². The number of likely N-dealkylation sites (N-methyl/N-ethyl adjacent to an activating group) is 1. The van der Waals surface area contributed by atoms with Crippen LogP contribution in [0.15, 0.2) is 24.3 Å². The second-order valence-electron chi connectivity index (χ2n) is 4.99. The van der Waals surface area contributed by atoms with Gasteiger partial charge >= 0.3 is 6.03 Å². The van der Waals surface area contributed by atoms with Gasteiger partial charge in [0.1, 0.15) is 5.75 Å². The minimum Gasteiger partial charge on any atom is -0.497 e. The summed E-state index contributed by atoms with van der Waals surface area (Å²) < 4.78 is 5.12. The highest BCUT2D eigenvalue weighted by molar-refractivity contribution is 5.73. The Morgan fingerprint density at radius 1 is 1.40 bits per heavy atom. The van der Waals surface area contributed by atoms with E-state index in [0.29, 0.717) is 19.0 Å². The minimum atomic E-state index is -0.152. The highest BCUT2D eigenvalue weighted by Crippen LogP contribution is 2.14. The monoisotopic (exact) mass is 280 g/mol. The van der Waals surface area contributed by atoms with Crippen LogP contribution < -0.4 is 10.1 Å². The predicted molar refractivity (Wildman–Crippen MR) is 79.0 cm³/mol. The fraction of sp³-hybridized carbons (Fsp3) is 0.533. The largest absolute Gasteiger partial charge is 0.497 e. The molecule has 1 unspecified atom stereocenters. The van der Waals surface area contributed by atoms with E-state index in [1.807, 2.05) is 24.3 Å². The Bertz CT molecular complexity index is 406. The fourth-order valence-electron chi connectivity index (χ4n) is 1.88. The zero-order chi connectivity index (χ0) is 15.0. The Labute approximate surface area is 120 Å². The van der Waals surface area contributed by atoms with Crippen molar-refractivity contribution in [3.63, 3.8) is 0 Å². The second kappa shape index (κ2) is 8.43. The number of methoxy groups -OCH3 is 1. The van der Waals surface area contributed by atoms with Gasteiger partial charge in [0.2, 0.25) is 0 Å². The molecule has 5 heteroatoms. The molecule has 1 rings (SSSR count). The molecule has 5 nitrogen and oxygen atoms in total. The van der Waals surface area contributed by atoms with Crippen molar-refractivity contribution in [2.45, 2.75) is 13.3 Å². The number of aliphatic hydroxyl groups excluding tert-OH is 1. The van der Waals surface area contributed by atoms with Gasteiger partial charge in [-0.25, -0.2) is 4.79 Å². The van der Waals surface area contributed by atoms with Crippen molar-refractivity contribution in [3.8, 4) is 5.75 Å². The van der Waals surface area contributed by atoms with Gasteiger partial charge in [0.15, 0.2) is 0 Å². The lowest BCUT2D eigenvalue weighted by Crippen LogP contribution is -2.40. The summed E-state index contributed by atoms with van der Waals surface area (Å²) in [5.41, 5.74) is 1.22. The molecule has 0 radical (unpaired) electrons. The molecule has 1 aromatic carbocycles. The first kappa shape index (κ1) is 16.3. The highest BCUT2D eigenvalue weighted by Gasteiger charge is 2.10. The Kier molecular flexibility index (Phi) is 6.87. The zero-order valence-corrected chi connectivity index (χ0v) is 12.4. The van der Waals surface area contributed by atoms with Crippen LogP contribution >= 0.6 is 0 Å². The van der Waals surface area contributed by atoms with E-state index in [4.69, 9.17) is 9.84 Å². The van der Waals surface area contributed by atoms with Crippen LogP contribution in [0.4, 0.5) is 4.79 Å². The molecular weight excluding hydrogens is 256 g/mol. The molecule has 0 bridgehead atoms. The van der Waals surface area contributed by atoms with Gasteiger partial charge in [-0.1, -0.05) is 19.1 Å². The van der Waals surface area contributed by atoms with E-state index in [1.165, 1.54) is 10.5 Å². The molecule has 1 atom stereocenters. The van der Waals surface area contributed by atoms with Crippen LogP contribution in [0.25, 0.3) is 0 Å². The van der Waals surface area contributed by atoms with Crippen molar-refractivity contribution >= 4 is 6.03 Å². The Morgan fingerprint density at radius 2 is 2.05 bits per heavy atom. The summed E-state index contributed by atoms with van der Waals surface area (Å²) in [6, 6.07) is 7.80. The maximum Gasteiger partial charge on any atom is 0.317 e. The Hall–Kier alpha value is -1.75. The van der Waals surface area contributed by atoms with Gasteiger partial charge in [-0.2, -0.15) is 0 Å². The Balaban J connectivity index is 2.35. The number of carbonyl (C=O) groups is 1. The number of hydrogen-bond acceptors (Lipinski definition) is 3. The van der Waals surface area contributed by atoms with Crippen LogP contribution in [0.2, 0.25) is 0 Å². The molecule has 112 valence electrons. The second-order valence-corrected chi connectivity index (χ2v) is 4.99. The van der Waals surface area contributed by atoms with Gasteiger partial charge in [-0.3, -0.25) is 0 Å². The molecule has 0 spiro atoms. The molecule has 0 heterocycles. The number of benzene rings is 1. The van der Waals surface area contributed by atoms with E-state index < -0.39 is 0 Å². The molecule has 0 aliphatic rings. The van der Waals surface area contributed by atoms with Crippen LogP contribution in [0.3, 0.4) is 0 Å². The summed E-state index contributed by atoms with van der Waals surface area (Å²) in [4.78, 5) is 13.1. The maximum absolute atomic E-state index is 11.7. The fourth-order valence-corrected chi connectivity index (χ4v) is 1.88. The molecule has 0 aliphatic carbocycles. The molecule has 20 heavy (non-hydrogen) atoms. The molecule has 1 aromatic rings. The SMILES string of the molecule is COc1ccc(CC(C)CNC(=O)N(C)CCO)cc1. The van der Waals surface area contributed by atoms with Crippen molar-refractivity contribution < 1.29 is 14.6 Å². The number of carbonyl (C=O) groups excluding carboxylic acids is 1. The first-order chi connectivity index (χ1) is 9.56. The maximum atomic E-state index is 11.7. The molecule has 0 saturated carbocycles. The van der Waals surface area contributed by atoms with Crippen LogP contribution in [-0.4, -0.2) is 49.9 Å². The van der Waals surface area contributed by atoms with E-state index in [2.05, 4.69) is 12.2 Å². The third-order valence-corrected chi connectivity index (χ3v) is 3.13. The van der Waals surface area contributed by atoms with E-state index in [1.54, 1.807) is 14.2 Å². The first-order valence-corrected chi connectivity index (χ1v) is 6.79. The summed E-state index contributed by atoms with van der Waals surface area (Å²) in [6.45, 7) is 3.03. The molecule has 0 saturated heterocycles. The number of urea groups is 1. The third-order valence-electron chi connectivity index (χ3n) is 3.13. The molecule has 0 aromatic heterocycles. The number of rotatable bonds is 7.